The Morgan fingerprint density at radius 2 is 2.32 bits per heavy atom. The average molecular weight is 301 g/mol. The lowest BCUT2D eigenvalue weighted by molar-refractivity contribution is 0.238. The number of rotatable bonds is 4. The lowest BCUT2D eigenvalue weighted by atomic mass is 10.2. The molecule has 22 heavy (non-hydrogen) atoms. The van der Waals surface area contributed by atoms with Crippen molar-refractivity contribution < 1.29 is 4.79 Å². The standard InChI is InChI=1S/C16H23N5O/c1-3-21-8-4-5-13(21)10-17-16(22)19-12-6-7-15-14(9-12)18-11-20(15)2/h6-7,9,11,13H,3-5,8,10H2,1-2H3,(H2,17,19,22)/t13-/m1/s1. The van der Waals surface area contributed by atoms with Crippen molar-refractivity contribution in [2.24, 2.45) is 7.05 Å². The molecule has 1 fully saturated rings. The topological polar surface area (TPSA) is 62.2 Å². The van der Waals surface area contributed by atoms with Crippen molar-refractivity contribution in [3.63, 3.8) is 0 Å². The number of aryl methyl sites for hydroxylation is 1. The Balaban J connectivity index is 1.56. The minimum atomic E-state index is -0.154. The van der Waals surface area contributed by atoms with Gasteiger partial charge in [-0.2, -0.15) is 0 Å². The number of imidazole rings is 1. The average Bonchev–Trinajstić information content (AvgIpc) is 3.12. The number of nitrogens with zero attached hydrogens (tertiary/aromatic N) is 3. The Morgan fingerprint density at radius 1 is 1.45 bits per heavy atom. The Bertz CT molecular complexity index is 666. The summed E-state index contributed by atoms with van der Waals surface area (Å²) in [5, 5.41) is 5.86. The summed E-state index contributed by atoms with van der Waals surface area (Å²) >= 11 is 0. The molecule has 0 spiro atoms. The van der Waals surface area contributed by atoms with Gasteiger partial charge in [0, 0.05) is 25.3 Å². The molecular weight excluding hydrogens is 278 g/mol. The van der Waals surface area contributed by atoms with E-state index in [0.29, 0.717) is 12.6 Å². The lowest BCUT2D eigenvalue weighted by Gasteiger charge is -2.22. The van der Waals surface area contributed by atoms with E-state index in [1.54, 1.807) is 6.33 Å². The molecule has 0 radical (unpaired) electrons. The number of anilines is 1. The number of aromatic nitrogens is 2. The zero-order valence-corrected chi connectivity index (χ0v) is 13.2. The fourth-order valence-electron chi connectivity index (χ4n) is 3.14. The Morgan fingerprint density at radius 3 is 3.14 bits per heavy atom. The Kier molecular flexibility index (Phi) is 4.29. The highest BCUT2D eigenvalue weighted by Crippen LogP contribution is 2.18. The molecule has 1 aromatic carbocycles. The molecule has 0 saturated carbocycles. The molecule has 0 unspecified atom stereocenters. The first-order valence-electron chi connectivity index (χ1n) is 7.87. The first-order valence-corrected chi connectivity index (χ1v) is 7.87. The van der Waals surface area contributed by atoms with Crippen molar-refractivity contribution in [3.8, 4) is 0 Å². The van der Waals surface area contributed by atoms with Crippen molar-refractivity contribution in [2.45, 2.75) is 25.8 Å². The summed E-state index contributed by atoms with van der Waals surface area (Å²) in [5.74, 6) is 0. The van der Waals surface area contributed by atoms with Crippen LogP contribution in [0.3, 0.4) is 0 Å². The molecule has 0 bridgehead atoms. The summed E-state index contributed by atoms with van der Waals surface area (Å²) in [7, 11) is 1.95. The van der Waals surface area contributed by atoms with Gasteiger partial charge in [0.25, 0.3) is 0 Å². The minimum Gasteiger partial charge on any atom is -0.336 e. The molecule has 2 amide bonds. The summed E-state index contributed by atoms with van der Waals surface area (Å²) in [6, 6.07) is 6.07. The van der Waals surface area contributed by atoms with Crippen LogP contribution in [0.25, 0.3) is 11.0 Å². The van der Waals surface area contributed by atoms with Crippen LogP contribution in [-0.4, -0.2) is 46.2 Å². The van der Waals surface area contributed by atoms with Crippen LogP contribution >= 0.6 is 0 Å². The van der Waals surface area contributed by atoms with E-state index < -0.39 is 0 Å². The van der Waals surface area contributed by atoms with Crippen molar-refractivity contribution >= 4 is 22.8 Å². The van der Waals surface area contributed by atoms with E-state index in [4.69, 9.17) is 0 Å². The minimum absolute atomic E-state index is 0.154. The summed E-state index contributed by atoms with van der Waals surface area (Å²) < 4.78 is 1.96. The molecule has 6 heteroatoms. The fraction of sp³-hybridized carbons (Fsp3) is 0.500. The molecule has 2 heterocycles. The zero-order chi connectivity index (χ0) is 15.5. The third-order valence-electron chi connectivity index (χ3n) is 4.39. The van der Waals surface area contributed by atoms with Crippen LogP contribution in [-0.2, 0) is 7.05 Å². The van der Waals surface area contributed by atoms with Crippen LogP contribution in [0.4, 0.5) is 10.5 Å². The smallest absolute Gasteiger partial charge is 0.319 e. The van der Waals surface area contributed by atoms with Gasteiger partial charge in [0.15, 0.2) is 0 Å². The maximum absolute atomic E-state index is 12.0. The molecule has 1 aromatic heterocycles. The van der Waals surface area contributed by atoms with Gasteiger partial charge in [0.1, 0.15) is 0 Å². The quantitative estimate of drug-likeness (QED) is 0.910. The van der Waals surface area contributed by atoms with E-state index >= 15 is 0 Å². The fourth-order valence-corrected chi connectivity index (χ4v) is 3.14. The second-order valence-corrected chi connectivity index (χ2v) is 5.82. The van der Waals surface area contributed by atoms with Crippen LogP contribution in [0.2, 0.25) is 0 Å². The summed E-state index contributed by atoms with van der Waals surface area (Å²) in [4.78, 5) is 18.8. The number of carbonyl (C=O) groups excluding carboxylic acids is 1. The second-order valence-electron chi connectivity index (χ2n) is 5.82. The number of likely N-dealkylation sites (N-methyl/N-ethyl adjacent to an activating group) is 1. The predicted molar refractivity (Wildman–Crippen MR) is 88.0 cm³/mol. The second kappa shape index (κ2) is 6.36. The van der Waals surface area contributed by atoms with Gasteiger partial charge in [-0.3, -0.25) is 4.90 Å². The van der Waals surface area contributed by atoms with Crippen molar-refractivity contribution in [1.29, 1.82) is 0 Å². The van der Waals surface area contributed by atoms with Gasteiger partial charge in [-0.25, -0.2) is 9.78 Å². The van der Waals surface area contributed by atoms with E-state index in [0.717, 1.165) is 36.2 Å². The number of fused-ring (bicyclic) bond motifs is 1. The van der Waals surface area contributed by atoms with Crippen LogP contribution in [0, 0.1) is 0 Å². The van der Waals surface area contributed by atoms with Gasteiger partial charge in [-0.05, 0) is 44.1 Å². The molecular formula is C16H23N5O. The van der Waals surface area contributed by atoms with Crippen molar-refractivity contribution in [2.75, 3.05) is 25.0 Å². The number of urea groups is 1. The summed E-state index contributed by atoms with van der Waals surface area (Å²) in [6.07, 6.45) is 4.15. The van der Waals surface area contributed by atoms with Gasteiger partial charge in [-0.15, -0.1) is 0 Å². The Labute approximate surface area is 130 Å². The maximum atomic E-state index is 12.0. The highest BCUT2D eigenvalue weighted by atomic mass is 16.2. The van der Waals surface area contributed by atoms with E-state index in [2.05, 4.69) is 27.4 Å². The number of benzene rings is 1. The third kappa shape index (κ3) is 3.06. The van der Waals surface area contributed by atoms with Gasteiger partial charge in [0.2, 0.25) is 0 Å². The van der Waals surface area contributed by atoms with Gasteiger partial charge >= 0.3 is 6.03 Å². The highest BCUT2D eigenvalue weighted by molar-refractivity contribution is 5.91. The molecule has 118 valence electrons. The third-order valence-corrected chi connectivity index (χ3v) is 4.39. The van der Waals surface area contributed by atoms with Crippen LogP contribution in [0.1, 0.15) is 19.8 Å². The molecule has 1 aliphatic rings. The number of amides is 2. The van der Waals surface area contributed by atoms with Gasteiger partial charge in [0.05, 0.1) is 17.4 Å². The number of likely N-dealkylation sites (tertiary alicyclic amines) is 1. The molecule has 6 nitrogen and oxygen atoms in total. The monoisotopic (exact) mass is 301 g/mol. The molecule has 1 saturated heterocycles. The van der Waals surface area contributed by atoms with Gasteiger partial charge < -0.3 is 15.2 Å². The lowest BCUT2D eigenvalue weighted by Crippen LogP contribution is -2.41. The molecule has 0 aliphatic carbocycles. The molecule has 2 aromatic rings. The van der Waals surface area contributed by atoms with Crippen LogP contribution in [0.15, 0.2) is 24.5 Å². The van der Waals surface area contributed by atoms with E-state index in [1.807, 2.05) is 29.8 Å². The highest BCUT2D eigenvalue weighted by Gasteiger charge is 2.23. The van der Waals surface area contributed by atoms with Crippen LogP contribution in [0.5, 0.6) is 0 Å². The number of hydrogen-bond donors (Lipinski definition) is 2. The molecule has 2 N–H and O–H groups in total. The van der Waals surface area contributed by atoms with Gasteiger partial charge in [-0.1, -0.05) is 6.92 Å². The van der Waals surface area contributed by atoms with Crippen LogP contribution < -0.4 is 10.6 Å². The predicted octanol–water partition coefficient (Wildman–Crippen LogP) is 2.18. The van der Waals surface area contributed by atoms with E-state index in [9.17, 15) is 4.79 Å². The SMILES string of the molecule is CCN1CCC[C@@H]1CNC(=O)Nc1ccc2c(c1)ncn2C. The first-order chi connectivity index (χ1) is 10.7. The number of nitrogens with one attached hydrogen (secondary N) is 2. The molecule has 1 atom stereocenters. The summed E-state index contributed by atoms with van der Waals surface area (Å²) in [5.41, 5.74) is 2.70. The maximum Gasteiger partial charge on any atom is 0.319 e. The van der Waals surface area contributed by atoms with Crippen molar-refractivity contribution in [3.05, 3.63) is 24.5 Å². The molecule has 1 aliphatic heterocycles. The van der Waals surface area contributed by atoms with E-state index in [1.165, 1.54) is 6.42 Å². The Hall–Kier alpha value is -2.08. The number of hydrogen-bond acceptors (Lipinski definition) is 3. The first kappa shape index (κ1) is 14.8. The van der Waals surface area contributed by atoms with E-state index in [-0.39, 0.29) is 6.03 Å². The normalized spacial score (nSPS) is 18.7. The zero-order valence-electron chi connectivity index (χ0n) is 13.2. The van der Waals surface area contributed by atoms with Crippen molar-refractivity contribution in [1.82, 2.24) is 19.8 Å². The summed E-state index contributed by atoms with van der Waals surface area (Å²) in [6.45, 7) is 5.05. The largest absolute Gasteiger partial charge is 0.336 e. The molecule has 3 rings (SSSR count). The number of carbonyl (C=O) groups is 1.